The van der Waals surface area contributed by atoms with Crippen LogP contribution in [-0.4, -0.2) is 51.0 Å². The number of amides is 1. The highest BCUT2D eigenvalue weighted by atomic mass is 79.9. The van der Waals surface area contributed by atoms with Crippen LogP contribution in [0, 0.1) is 6.92 Å². The smallest absolute Gasteiger partial charge is 0.238 e. The number of hydrogen-bond donors (Lipinski definition) is 1. The van der Waals surface area contributed by atoms with Crippen molar-refractivity contribution in [3.8, 4) is 0 Å². The first-order chi connectivity index (χ1) is 13.5. The Bertz CT molecular complexity index is 825. The molecule has 0 unspecified atom stereocenters. The lowest BCUT2D eigenvalue weighted by Gasteiger charge is -2.31. The van der Waals surface area contributed by atoms with Crippen LogP contribution < -0.4 is 5.32 Å². The highest BCUT2D eigenvalue weighted by Crippen LogP contribution is 2.29. The zero-order valence-corrected chi connectivity index (χ0v) is 19.1. The monoisotopic (exact) mass is 465 g/mol. The van der Waals surface area contributed by atoms with Gasteiger partial charge in [0.05, 0.1) is 12.2 Å². The number of piperidine rings is 1. The number of carbonyl (C=O) groups excluding carboxylic acids is 1. The Morgan fingerprint density at radius 1 is 1.36 bits per heavy atom. The standard InChI is InChI=1S/C20H28BrN5OS/c1-4-26-19(23-24-20(26)28-5-2)15-7-6-10-25(12-15)13-18(27)22-17-9-8-14(3)11-16(17)21/h8-9,11,15H,4-7,10,12-13H2,1-3H3,(H,22,27)/t15-/m1/s1. The summed E-state index contributed by atoms with van der Waals surface area (Å²) in [6.07, 6.45) is 2.16. The van der Waals surface area contributed by atoms with Gasteiger partial charge in [-0.3, -0.25) is 9.69 Å². The van der Waals surface area contributed by atoms with Crippen molar-refractivity contribution < 1.29 is 4.79 Å². The van der Waals surface area contributed by atoms with Crippen molar-refractivity contribution >= 4 is 39.3 Å². The number of aromatic nitrogens is 3. The predicted molar refractivity (Wildman–Crippen MR) is 118 cm³/mol. The van der Waals surface area contributed by atoms with Crippen LogP contribution in [0.5, 0.6) is 0 Å². The van der Waals surface area contributed by atoms with Gasteiger partial charge >= 0.3 is 0 Å². The van der Waals surface area contributed by atoms with E-state index in [9.17, 15) is 4.79 Å². The lowest BCUT2D eigenvalue weighted by Crippen LogP contribution is -2.40. The van der Waals surface area contributed by atoms with Crippen LogP contribution in [0.1, 0.15) is 44.0 Å². The number of aryl methyl sites for hydroxylation is 1. The number of nitrogens with one attached hydrogen (secondary N) is 1. The van der Waals surface area contributed by atoms with Crippen molar-refractivity contribution in [3.63, 3.8) is 0 Å². The molecule has 1 atom stereocenters. The summed E-state index contributed by atoms with van der Waals surface area (Å²) in [5.74, 6) is 2.39. The topological polar surface area (TPSA) is 63.1 Å². The van der Waals surface area contributed by atoms with Gasteiger partial charge in [0.25, 0.3) is 0 Å². The molecule has 2 aromatic rings. The molecule has 0 aliphatic carbocycles. The second-order valence-electron chi connectivity index (χ2n) is 7.12. The van der Waals surface area contributed by atoms with E-state index in [-0.39, 0.29) is 5.91 Å². The molecule has 0 spiro atoms. The number of thioether (sulfide) groups is 1. The van der Waals surface area contributed by atoms with E-state index in [1.807, 2.05) is 25.1 Å². The zero-order chi connectivity index (χ0) is 20.1. The fraction of sp³-hybridized carbons (Fsp3) is 0.550. The van der Waals surface area contributed by atoms with Crippen LogP contribution >= 0.6 is 27.7 Å². The summed E-state index contributed by atoms with van der Waals surface area (Å²) in [5.41, 5.74) is 1.97. The van der Waals surface area contributed by atoms with E-state index in [1.165, 1.54) is 0 Å². The minimum atomic E-state index is 0.0180. The molecule has 3 rings (SSSR count). The second kappa shape index (κ2) is 9.89. The highest BCUT2D eigenvalue weighted by Gasteiger charge is 2.27. The van der Waals surface area contributed by atoms with Crippen molar-refractivity contribution in [3.05, 3.63) is 34.1 Å². The number of nitrogens with zero attached hydrogens (tertiary/aromatic N) is 4. The van der Waals surface area contributed by atoms with E-state index in [1.54, 1.807) is 11.8 Å². The van der Waals surface area contributed by atoms with Gasteiger partial charge in [0.1, 0.15) is 5.82 Å². The van der Waals surface area contributed by atoms with Crippen LogP contribution in [0.3, 0.4) is 0 Å². The molecule has 0 bridgehead atoms. The summed E-state index contributed by atoms with van der Waals surface area (Å²) in [4.78, 5) is 14.8. The fourth-order valence-corrected chi connectivity index (χ4v) is 4.99. The van der Waals surface area contributed by atoms with Gasteiger partial charge in [-0.2, -0.15) is 0 Å². The molecule has 28 heavy (non-hydrogen) atoms. The highest BCUT2D eigenvalue weighted by molar-refractivity contribution is 9.10. The molecule has 0 radical (unpaired) electrons. The third kappa shape index (κ3) is 5.15. The molecular weight excluding hydrogens is 438 g/mol. The van der Waals surface area contributed by atoms with Crippen LogP contribution in [0.4, 0.5) is 5.69 Å². The summed E-state index contributed by atoms with van der Waals surface area (Å²) in [6, 6.07) is 5.95. The van der Waals surface area contributed by atoms with Gasteiger partial charge in [-0.1, -0.05) is 24.8 Å². The Labute approximate surface area is 179 Å². The van der Waals surface area contributed by atoms with Gasteiger partial charge in [-0.05, 0) is 72.6 Å². The molecule has 152 valence electrons. The largest absolute Gasteiger partial charge is 0.324 e. The third-order valence-electron chi connectivity index (χ3n) is 4.97. The summed E-state index contributed by atoms with van der Waals surface area (Å²) >= 11 is 5.26. The predicted octanol–water partition coefficient (Wildman–Crippen LogP) is 4.30. The molecule has 6 nitrogen and oxygen atoms in total. The molecule has 1 saturated heterocycles. The molecule has 1 amide bonds. The number of hydrogen-bond acceptors (Lipinski definition) is 5. The maximum Gasteiger partial charge on any atom is 0.238 e. The van der Waals surface area contributed by atoms with Gasteiger partial charge in [-0.25, -0.2) is 0 Å². The van der Waals surface area contributed by atoms with Crippen LogP contribution in [-0.2, 0) is 11.3 Å². The molecule has 8 heteroatoms. The van der Waals surface area contributed by atoms with Crippen molar-refractivity contribution in [1.82, 2.24) is 19.7 Å². The minimum Gasteiger partial charge on any atom is -0.324 e. The Balaban J connectivity index is 1.63. The van der Waals surface area contributed by atoms with E-state index in [0.717, 1.165) is 64.9 Å². The van der Waals surface area contributed by atoms with Gasteiger partial charge in [0.15, 0.2) is 5.16 Å². The molecule has 2 heterocycles. The van der Waals surface area contributed by atoms with E-state index >= 15 is 0 Å². The lowest BCUT2D eigenvalue weighted by molar-refractivity contribution is -0.117. The molecule has 1 N–H and O–H groups in total. The minimum absolute atomic E-state index is 0.0180. The van der Waals surface area contributed by atoms with Crippen molar-refractivity contribution in [1.29, 1.82) is 0 Å². The average molecular weight is 466 g/mol. The van der Waals surface area contributed by atoms with Crippen LogP contribution in [0.25, 0.3) is 0 Å². The normalized spacial score (nSPS) is 17.6. The van der Waals surface area contributed by atoms with E-state index in [2.05, 4.69) is 54.8 Å². The van der Waals surface area contributed by atoms with Gasteiger partial charge in [0.2, 0.25) is 5.91 Å². The second-order valence-corrected chi connectivity index (χ2v) is 9.21. The van der Waals surface area contributed by atoms with Crippen LogP contribution in [0.2, 0.25) is 0 Å². The SMILES string of the molecule is CCSc1nnc([C@@H]2CCCN(CC(=O)Nc3ccc(C)cc3Br)C2)n1CC. The van der Waals surface area contributed by atoms with Crippen molar-refractivity contribution in [2.45, 2.75) is 51.2 Å². The summed E-state index contributed by atoms with van der Waals surface area (Å²) in [6.45, 7) is 9.36. The molecule has 1 aromatic heterocycles. The molecule has 1 aliphatic heterocycles. The van der Waals surface area contributed by atoms with Gasteiger partial charge < -0.3 is 9.88 Å². The van der Waals surface area contributed by atoms with Gasteiger partial charge in [0, 0.05) is 23.5 Å². The first-order valence-electron chi connectivity index (χ1n) is 9.86. The zero-order valence-electron chi connectivity index (χ0n) is 16.7. The van der Waals surface area contributed by atoms with Crippen LogP contribution in [0.15, 0.2) is 27.8 Å². The Hall–Kier alpha value is -1.38. The summed E-state index contributed by atoms with van der Waals surface area (Å²) < 4.78 is 3.14. The third-order valence-corrected chi connectivity index (χ3v) is 6.48. The molecule has 1 aliphatic rings. The average Bonchev–Trinajstić information content (AvgIpc) is 3.07. The molecular formula is C20H28BrN5OS. The summed E-state index contributed by atoms with van der Waals surface area (Å²) in [7, 11) is 0. The number of anilines is 1. The van der Waals surface area contributed by atoms with Gasteiger partial charge in [-0.15, -0.1) is 10.2 Å². The number of likely N-dealkylation sites (tertiary alicyclic amines) is 1. The fourth-order valence-electron chi connectivity index (χ4n) is 3.66. The Morgan fingerprint density at radius 2 is 2.18 bits per heavy atom. The van der Waals surface area contributed by atoms with Crippen molar-refractivity contribution in [2.24, 2.45) is 0 Å². The molecule has 1 aromatic carbocycles. The summed E-state index contributed by atoms with van der Waals surface area (Å²) in [5, 5.41) is 12.9. The van der Waals surface area contributed by atoms with Crippen molar-refractivity contribution in [2.75, 3.05) is 30.7 Å². The number of carbonyl (C=O) groups is 1. The first-order valence-corrected chi connectivity index (χ1v) is 11.6. The Kier molecular flexibility index (Phi) is 7.54. The lowest BCUT2D eigenvalue weighted by atomic mass is 9.97. The number of halogens is 1. The van der Waals surface area contributed by atoms with E-state index < -0.39 is 0 Å². The maximum absolute atomic E-state index is 12.6. The molecule has 0 saturated carbocycles. The number of rotatable bonds is 7. The van der Waals surface area contributed by atoms with E-state index in [0.29, 0.717) is 12.5 Å². The quantitative estimate of drug-likeness (QED) is 0.617. The molecule has 1 fully saturated rings. The first kappa shape index (κ1) is 21.3. The Morgan fingerprint density at radius 3 is 2.89 bits per heavy atom. The maximum atomic E-state index is 12.6. The van der Waals surface area contributed by atoms with E-state index in [4.69, 9.17) is 0 Å². The number of benzene rings is 1.